The van der Waals surface area contributed by atoms with Crippen LogP contribution in [0.5, 0.6) is 0 Å². The summed E-state index contributed by atoms with van der Waals surface area (Å²) in [7, 11) is 0. The van der Waals surface area contributed by atoms with Crippen molar-refractivity contribution in [2.75, 3.05) is 0 Å². The van der Waals surface area contributed by atoms with E-state index < -0.39 is 0 Å². The van der Waals surface area contributed by atoms with Crippen molar-refractivity contribution in [3.63, 3.8) is 0 Å². The van der Waals surface area contributed by atoms with Crippen LogP contribution in [0.25, 0.3) is 0 Å². The Morgan fingerprint density at radius 2 is 2.45 bits per heavy atom. The molecule has 0 spiro atoms. The summed E-state index contributed by atoms with van der Waals surface area (Å²) in [6, 6.07) is 4.19. The van der Waals surface area contributed by atoms with Gasteiger partial charge in [0.1, 0.15) is 0 Å². The van der Waals surface area contributed by atoms with E-state index in [-0.39, 0.29) is 0 Å². The van der Waals surface area contributed by atoms with Crippen LogP contribution in [0.4, 0.5) is 0 Å². The summed E-state index contributed by atoms with van der Waals surface area (Å²) in [4.78, 5) is 4.08. The van der Waals surface area contributed by atoms with E-state index in [9.17, 15) is 0 Å². The van der Waals surface area contributed by atoms with E-state index in [0.717, 1.165) is 0 Å². The summed E-state index contributed by atoms with van der Waals surface area (Å²) in [5.41, 5.74) is 0. The molecule has 0 aliphatic rings. The Morgan fingerprint density at radius 1 is 1.55 bits per heavy atom. The molecule has 0 fully saturated rings. The molecule has 0 saturated carbocycles. The number of rotatable bonds is 4. The third-order valence-corrected chi connectivity index (χ3v) is 3.64. The van der Waals surface area contributed by atoms with Crippen molar-refractivity contribution in [1.82, 2.24) is 4.98 Å². The second kappa shape index (κ2) is 5.34. The summed E-state index contributed by atoms with van der Waals surface area (Å²) in [5, 5.41) is 1.36. The van der Waals surface area contributed by atoms with E-state index in [2.05, 4.69) is 18.0 Å². The number of nitrogens with zero attached hydrogens (tertiary/aromatic N) is 1. The van der Waals surface area contributed by atoms with Gasteiger partial charge >= 0.3 is 74.0 Å². The van der Waals surface area contributed by atoms with Gasteiger partial charge in [0.15, 0.2) is 0 Å². The van der Waals surface area contributed by atoms with Crippen LogP contribution in [-0.4, -0.2) is 19.9 Å². The Balaban J connectivity index is 2.28. The van der Waals surface area contributed by atoms with Crippen molar-refractivity contribution in [3.05, 3.63) is 24.5 Å². The van der Waals surface area contributed by atoms with Crippen LogP contribution >= 0.6 is 0 Å². The van der Waals surface area contributed by atoms with E-state index in [1.54, 1.807) is 0 Å². The molecule has 11 heavy (non-hydrogen) atoms. The second-order valence-electron chi connectivity index (χ2n) is 2.39. The van der Waals surface area contributed by atoms with Crippen LogP contribution in [0.3, 0.4) is 0 Å². The fraction of sp³-hybridized carbons (Fsp3) is 0.444. The number of unbranched alkanes of at least 4 members (excludes halogenated alkanes) is 1. The maximum absolute atomic E-state index is 4.08. The fourth-order valence-corrected chi connectivity index (χ4v) is 2.82. The molecule has 0 radical (unpaired) electrons. The molecule has 0 amide bonds. The van der Waals surface area contributed by atoms with E-state index in [4.69, 9.17) is 0 Å². The zero-order chi connectivity index (χ0) is 7.94. The van der Waals surface area contributed by atoms with Crippen molar-refractivity contribution in [1.29, 1.82) is 0 Å². The predicted molar refractivity (Wildman–Crippen MR) is 49.3 cm³/mol. The van der Waals surface area contributed by atoms with E-state index in [0.29, 0.717) is 15.0 Å². The molecule has 2 heteroatoms. The number of pyridine rings is 1. The summed E-state index contributed by atoms with van der Waals surface area (Å²) in [6.45, 7) is 2.24. The molecule has 0 aromatic carbocycles. The summed E-state index contributed by atoms with van der Waals surface area (Å²) in [5.74, 6) is 0. The quantitative estimate of drug-likeness (QED) is 0.548. The number of hydrogen-bond acceptors (Lipinski definition) is 1. The van der Waals surface area contributed by atoms with Crippen LogP contribution in [0.2, 0.25) is 5.32 Å². The Morgan fingerprint density at radius 3 is 3.09 bits per heavy atom. The topological polar surface area (TPSA) is 12.9 Å². The molecule has 0 bridgehead atoms. The first-order chi connectivity index (χ1) is 5.43. The second-order valence-corrected chi connectivity index (χ2v) is 4.84. The monoisotopic (exact) mass is 215 g/mol. The first-order valence-electron chi connectivity index (χ1n) is 3.96. The molecule has 0 atom stereocenters. The normalized spacial score (nSPS) is 9.91. The standard InChI is InChI=1S/C9H13NSe/c1-2-3-7-11-9-5-4-6-10-8-9/h4-6,8H,2-3,7H2,1H3. The predicted octanol–water partition coefficient (Wildman–Crippen LogP) is 1.63. The summed E-state index contributed by atoms with van der Waals surface area (Å²) >= 11 is 0.657. The van der Waals surface area contributed by atoms with Crippen LogP contribution in [0.1, 0.15) is 19.8 Å². The molecular formula is C9H13NSe. The third-order valence-electron chi connectivity index (χ3n) is 1.40. The molecule has 0 saturated heterocycles. The Kier molecular flexibility index (Phi) is 4.25. The van der Waals surface area contributed by atoms with Crippen molar-refractivity contribution < 1.29 is 0 Å². The molecule has 1 aromatic rings. The van der Waals surface area contributed by atoms with Crippen molar-refractivity contribution in [3.8, 4) is 0 Å². The zero-order valence-corrected chi connectivity index (χ0v) is 8.50. The van der Waals surface area contributed by atoms with E-state index >= 15 is 0 Å². The van der Waals surface area contributed by atoms with Gasteiger partial charge in [0, 0.05) is 0 Å². The molecule has 0 aliphatic heterocycles. The Hall–Kier alpha value is -0.331. The molecule has 0 N–H and O–H groups in total. The average Bonchev–Trinajstić information content (AvgIpc) is 2.07. The van der Waals surface area contributed by atoms with Crippen molar-refractivity contribution in [2.24, 2.45) is 0 Å². The SMILES string of the molecule is CCCC[Se]c1cccnc1. The maximum atomic E-state index is 4.08. The molecule has 1 aromatic heterocycles. The van der Waals surface area contributed by atoms with Gasteiger partial charge in [-0.15, -0.1) is 0 Å². The summed E-state index contributed by atoms with van der Waals surface area (Å²) < 4.78 is 1.42. The van der Waals surface area contributed by atoms with Crippen molar-refractivity contribution >= 4 is 19.4 Å². The van der Waals surface area contributed by atoms with Gasteiger partial charge in [0.05, 0.1) is 0 Å². The number of hydrogen-bond donors (Lipinski definition) is 0. The van der Waals surface area contributed by atoms with Gasteiger partial charge < -0.3 is 0 Å². The van der Waals surface area contributed by atoms with Crippen LogP contribution < -0.4 is 4.46 Å². The Labute approximate surface area is 74.4 Å². The third kappa shape index (κ3) is 3.54. The van der Waals surface area contributed by atoms with Gasteiger partial charge in [0.25, 0.3) is 0 Å². The molecule has 0 aliphatic carbocycles. The average molecular weight is 214 g/mol. The zero-order valence-electron chi connectivity index (χ0n) is 6.79. The molecule has 1 nitrogen and oxygen atoms in total. The molecule has 60 valence electrons. The van der Waals surface area contributed by atoms with E-state index in [1.165, 1.54) is 22.6 Å². The van der Waals surface area contributed by atoms with Gasteiger partial charge in [0.2, 0.25) is 0 Å². The van der Waals surface area contributed by atoms with Gasteiger partial charge in [-0.1, -0.05) is 0 Å². The molecule has 0 unspecified atom stereocenters. The molecule has 1 heterocycles. The minimum atomic E-state index is 0.657. The minimum absolute atomic E-state index is 0.657. The fourth-order valence-electron chi connectivity index (χ4n) is 0.767. The van der Waals surface area contributed by atoms with Crippen LogP contribution in [-0.2, 0) is 0 Å². The van der Waals surface area contributed by atoms with Gasteiger partial charge in [-0.2, -0.15) is 0 Å². The van der Waals surface area contributed by atoms with Gasteiger partial charge in [-0.05, 0) is 0 Å². The van der Waals surface area contributed by atoms with Crippen LogP contribution in [0, 0.1) is 0 Å². The van der Waals surface area contributed by atoms with Gasteiger partial charge in [-0.3, -0.25) is 0 Å². The first kappa shape index (κ1) is 8.76. The first-order valence-corrected chi connectivity index (χ1v) is 6.03. The van der Waals surface area contributed by atoms with Gasteiger partial charge in [-0.25, -0.2) is 0 Å². The Bertz CT molecular complexity index is 186. The van der Waals surface area contributed by atoms with Crippen LogP contribution in [0.15, 0.2) is 24.5 Å². The molecular weight excluding hydrogens is 201 g/mol. The van der Waals surface area contributed by atoms with Crippen molar-refractivity contribution in [2.45, 2.75) is 25.1 Å². The molecule has 1 rings (SSSR count). The number of aromatic nitrogens is 1. The summed E-state index contributed by atoms with van der Waals surface area (Å²) in [6.07, 6.45) is 6.48. The van der Waals surface area contributed by atoms with E-state index in [1.807, 2.05) is 18.5 Å².